The van der Waals surface area contributed by atoms with Crippen LogP contribution in [-0.2, 0) is 20.8 Å². The van der Waals surface area contributed by atoms with Crippen LogP contribution in [0.5, 0.6) is 0 Å². The third kappa shape index (κ3) is 5.14. The van der Waals surface area contributed by atoms with Crippen LogP contribution in [0.4, 0.5) is 11.5 Å². The van der Waals surface area contributed by atoms with E-state index in [-0.39, 0.29) is 5.97 Å². The number of benzene rings is 1. The number of anilines is 2. The molecule has 3 heterocycles. The summed E-state index contributed by atoms with van der Waals surface area (Å²) in [6.45, 7) is 7.66. The lowest BCUT2D eigenvalue weighted by Gasteiger charge is -2.33. The third-order valence-corrected chi connectivity index (χ3v) is 7.00. The number of fused-ring (bicyclic) bond motifs is 2. The molecule has 2 aliphatic rings. The van der Waals surface area contributed by atoms with Gasteiger partial charge in [-0.3, -0.25) is 9.80 Å². The number of aromatic nitrogens is 2. The Kier molecular flexibility index (Phi) is 7.44. The summed E-state index contributed by atoms with van der Waals surface area (Å²) in [7, 11) is 1.70. The Hall–Kier alpha value is -2.42. The molecule has 1 fully saturated rings. The molecule has 0 atom stereocenters. The summed E-state index contributed by atoms with van der Waals surface area (Å²) in [6.07, 6.45) is 7.22. The van der Waals surface area contributed by atoms with Crippen molar-refractivity contribution in [1.29, 1.82) is 0 Å². The van der Waals surface area contributed by atoms with Gasteiger partial charge in [0.05, 0.1) is 12.3 Å². The molecule has 1 aromatic carbocycles. The Bertz CT molecular complexity index is 989. The predicted octanol–water partition coefficient (Wildman–Crippen LogP) is 4.40. The fourth-order valence-corrected chi connectivity index (χ4v) is 5.29. The summed E-state index contributed by atoms with van der Waals surface area (Å²) in [5, 5.41) is 0.901. The number of carbonyl (C=O) groups excluding carboxylic acids is 1. The molecule has 0 bridgehead atoms. The van der Waals surface area contributed by atoms with Gasteiger partial charge in [-0.15, -0.1) is 0 Å². The Morgan fingerprint density at radius 3 is 2.78 bits per heavy atom. The number of carbonyl (C=O) groups is 1. The van der Waals surface area contributed by atoms with E-state index in [0.29, 0.717) is 19.3 Å². The fourth-order valence-electron chi connectivity index (χ4n) is 4.30. The molecule has 0 saturated carbocycles. The molecule has 170 valence electrons. The minimum absolute atomic E-state index is 0.230. The van der Waals surface area contributed by atoms with Gasteiger partial charge in [-0.25, -0.2) is 14.8 Å². The van der Waals surface area contributed by atoms with E-state index >= 15 is 0 Å². The molecule has 4 rings (SSSR count). The minimum atomic E-state index is -0.230. The highest BCUT2D eigenvalue weighted by Gasteiger charge is 2.26. The molecule has 0 spiro atoms. The van der Waals surface area contributed by atoms with Crippen LogP contribution in [0.1, 0.15) is 32.3 Å². The van der Waals surface area contributed by atoms with Crippen molar-refractivity contribution in [3.8, 4) is 0 Å². The first-order valence-corrected chi connectivity index (χ1v) is 11.9. The van der Waals surface area contributed by atoms with Gasteiger partial charge in [-0.2, -0.15) is 0 Å². The number of methoxy groups -OCH3 is 1. The summed E-state index contributed by atoms with van der Waals surface area (Å²) in [4.78, 5) is 26.5. The van der Waals surface area contributed by atoms with Crippen LogP contribution in [0.15, 0.2) is 52.2 Å². The van der Waals surface area contributed by atoms with Crippen molar-refractivity contribution in [3.05, 3.63) is 47.8 Å². The van der Waals surface area contributed by atoms with Gasteiger partial charge < -0.3 is 9.47 Å². The molecule has 0 unspecified atom stereocenters. The maximum atomic E-state index is 11.7. The van der Waals surface area contributed by atoms with E-state index in [0.717, 1.165) is 59.5 Å². The largest absolute Gasteiger partial charge is 0.463 e. The van der Waals surface area contributed by atoms with Crippen molar-refractivity contribution in [2.45, 2.75) is 43.2 Å². The second-order valence-corrected chi connectivity index (χ2v) is 9.16. The van der Waals surface area contributed by atoms with Crippen LogP contribution in [0.25, 0.3) is 0 Å². The van der Waals surface area contributed by atoms with Gasteiger partial charge in [0, 0.05) is 37.0 Å². The number of likely N-dealkylation sites (tertiary alicyclic amines) is 1. The summed E-state index contributed by atoms with van der Waals surface area (Å²) >= 11 is 1.65. The quantitative estimate of drug-likeness (QED) is 0.450. The SMILES string of the molecule is CCOC(=O)C=C(C)C1CCN(Cc2ccc3c(c2)N(COC)c2nccnc2S3)CC1. The van der Waals surface area contributed by atoms with Crippen molar-refractivity contribution < 1.29 is 14.3 Å². The lowest BCUT2D eigenvalue weighted by Crippen LogP contribution is -2.33. The van der Waals surface area contributed by atoms with Crippen molar-refractivity contribution >= 4 is 29.2 Å². The molecule has 8 heteroatoms. The number of rotatable bonds is 7. The lowest BCUT2D eigenvalue weighted by atomic mass is 9.89. The fraction of sp³-hybridized carbons (Fsp3) is 0.458. The van der Waals surface area contributed by atoms with Gasteiger partial charge in [0.1, 0.15) is 11.8 Å². The predicted molar refractivity (Wildman–Crippen MR) is 125 cm³/mol. The van der Waals surface area contributed by atoms with Crippen molar-refractivity contribution in [2.24, 2.45) is 5.92 Å². The van der Waals surface area contributed by atoms with Crippen molar-refractivity contribution in [2.75, 3.05) is 38.4 Å². The third-order valence-electron chi connectivity index (χ3n) is 5.95. The first-order valence-electron chi connectivity index (χ1n) is 11.0. The Morgan fingerprint density at radius 2 is 2.03 bits per heavy atom. The van der Waals surface area contributed by atoms with E-state index in [9.17, 15) is 4.79 Å². The number of hydrogen-bond donors (Lipinski definition) is 0. The monoisotopic (exact) mass is 454 g/mol. The highest BCUT2D eigenvalue weighted by Crippen LogP contribution is 2.46. The van der Waals surface area contributed by atoms with Crippen LogP contribution in [0, 0.1) is 5.92 Å². The number of allylic oxidation sites excluding steroid dienone is 1. The summed E-state index contributed by atoms with van der Waals surface area (Å²) < 4.78 is 10.5. The van der Waals surface area contributed by atoms with E-state index in [1.165, 1.54) is 5.56 Å². The number of nitrogens with zero attached hydrogens (tertiary/aromatic N) is 4. The molecule has 2 aliphatic heterocycles. The van der Waals surface area contributed by atoms with E-state index < -0.39 is 0 Å². The molecular weight excluding hydrogens is 424 g/mol. The molecule has 2 aromatic rings. The Labute approximate surface area is 193 Å². The van der Waals surface area contributed by atoms with Crippen LogP contribution in [0.3, 0.4) is 0 Å². The van der Waals surface area contributed by atoms with Gasteiger partial charge >= 0.3 is 5.97 Å². The molecule has 1 aromatic heterocycles. The first kappa shape index (κ1) is 22.8. The molecule has 1 saturated heterocycles. The van der Waals surface area contributed by atoms with Gasteiger partial charge in [0.2, 0.25) is 0 Å². The zero-order valence-electron chi connectivity index (χ0n) is 18.9. The van der Waals surface area contributed by atoms with Gasteiger partial charge in [0.15, 0.2) is 5.82 Å². The highest BCUT2D eigenvalue weighted by molar-refractivity contribution is 7.99. The molecule has 0 radical (unpaired) electrons. The molecule has 7 nitrogen and oxygen atoms in total. The number of esters is 1. The van der Waals surface area contributed by atoms with E-state index in [1.807, 2.05) is 13.8 Å². The van der Waals surface area contributed by atoms with Gasteiger partial charge in [0.25, 0.3) is 0 Å². The van der Waals surface area contributed by atoms with Crippen LogP contribution >= 0.6 is 11.8 Å². The summed E-state index contributed by atoms with van der Waals surface area (Å²) in [5.74, 6) is 1.06. The van der Waals surface area contributed by atoms with Crippen molar-refractivity contribution in [3.63, 3.8) is 0 Å². The van der Waals surface area contributed by atoms with Crippen LogP contribution in [0.2, 0.25) is 0 Å². The second kappa shape index (κ2) is 10.5. The first-order chi connectivity index (χ1) is 15.6. The number of hydrogen-bond acceptors (Lipinski definition) is 8. The second-order valence-electron chi connectivity index (χ2n) is 8.13. The number of ether oxygens (including phenoxy) is 2. The maximum Gasteiger partial charge on any atom is 0.330 e. The van der Waals surface area contributed by atoms with Crippen LogP contribution in [-0.4, -0.2) is 54.4 Å². The van der Waals surface area contributed by atoms with E-state index in [4.69, 9.17) is 9.47 Å². The normalized spacial score (nSPS) is 17.1. The Morgan fingerprint density at radius 1 is 1.25 bits per heavy atom. The van der Waals surface area contributed by atoms with E-state index in [1.54, 1.807) is 37.3 Å². The molecule has 0 N–H and O–H groups in total. The summed E-state index contributed by atoms with van der Waals surface area (Å²) in [5.41, 5.74) is 3.52. The average molecular weight is 455 g/mol. The van der Waals surface area contributed by atoms with Crippen molar-refractivity contribution in [1.82, 2.24) is 14.9 Å². The standard InChI is InChI=1S/C24H30N4O3S/c1-4-31-22(29)13-17(2)19-7-11-27(12-8-19)15-18-5-6-21-20(14-18)28(16-30-3)23-24(32-21)26-10-9-25-23/h5-6,9-10,13-14,19H,4,7-8,11-12,15-16H2,1-3H3. The lowest BCUT2D eigenvalue weighted by molar-refractivity contribution is -0.137. The molecule has 0 aliphatic carbocycles. The topological polar surface area (TPSA) is 67.8 Å². The average Bonchev–Trinajstić information content (AvgIpc) is 2.80. The summed E-state index contributed by atoms with van der Waals surface area (Å²) in [6, 6.07) is 6.63. The number of piperidine rings is 1. The Balaban J connectivity index is 1.42. The van der Waals surface area contributed by atoms with E-state index in [2.05, 4.69) is 38.0 Å². The highest BCUT2D eigenvalue weighted by atomic mass is 32.2. The maximum absolute atomic E-state index is 11.7. The van der Waals surface area contributed by atoms with Gasteiger partial charge in [-0.1, -0.05) is 23.4 Å². The molecular formula is C24H30N4O3S. The zero-order chi connectivity index (χ0) is 22.5. The minimum Gasteiger partial charge on any atom is -0.463 e. The zero-order valence-corrected chi connectivity index (χ0v) is 19.7. The van der Waals surface area contributed by atoms with Crippen LogP contribution < -0.4 is 4.90 Å². The molecule has 0 amide bonds. The van der Waals surface area contributed by atoms with Gasteiger partial charge in [-0.05, 0) is 63.4 Å². The molecule has 32 heavy (non-hydrogen) atoms. The smallest absolute Gasteiger partial charge is 0.330 e.